The van der Waals surface area contributed by atoms with Gasteiger partial charge in [0.05, 0.1) is 5.69 Å². The molecule has 0 aliphatic rings. The van der Waals surface area contributed by atoms with Gasteiger partial charge in [0.2, 0.25) is 5.91 Å². The molecule has 4 aromatic rings. The van der Waals surface area contributed by atoms with Gasteiger partial charge in [0.1, 0.15) is 5.69 Å². The van der Waals surface area contributed by atoms with Gasteiger partial charge in [-0.1, -0.05) is 18.2 Å². The molecular formula is C24H21N5O. The summed E-state index contributed by atoms with van der Waals surface area (Å²) in [7, 11) is 0. The van der Waals surface area contributed by atoms with E-state index in [-0.39, 0.29) is 5.91 Å². The van der Waals surface area contributed by atoms with Crippen molar-refractivity contribution in [1.29, 1.82) is 0 Å². The number of rotatable bonds is 7. The highest BCUT2D eigenvalue weighted by Gasteiger charge is 2.10. The molecule has 0 fully saturated rings. The van der Waals surface area contributed by atoms with E-state index in [1.165, 1.54) is 0 Å². The standard InChI is InChI=1S/C24H21N5O/c30-23(27-17-10-19-8-13-25-14-9-19)7-6-21-18-29(22-4-2-1-3-5-22)28-24(21)20-11-15-26-16-12-20/h1-9,11-16,18H,10,17H2,(H,27,30)/b7-6+. The molecule has 148 valence electrons. The lowest BCUT2D eigenvalue weighted by Crippen LogP contribution is -2.23. The first-order valence-electron chi connectivity index (χ1n) is 9.70. The van der Waals surface area contributed by atoms with Gasteiger partial charge in [-0.05, 0) is 54.5 Å². The molecule has 6 nitrogen and oxygen atoms in total. The van der Waals surface area contributed by atoms with Gasteiger partial charge in [0.15, 0.2) is 0 Å². The maximum absolute atomic E-state index is 12.3. The van der Waals surface area contributed by atoms with Gasteiger partial charge in [-0.3, -0.25) is 14.8 Å². The van der Waals surface area contributed by atoms with Gasteiger partial charge in [-0.15, -0.1) is 0 Å². The van der Waals surface area contributed by atoms with E-state index in [1.54, 1.807) is 36.9 Å². The number of carbonyl (C=O) groups excluding carboxylic acids is 1. The number of nitrogens with zero attached hydrogens (tertiary/aromatic N) is 4. The first-order valence-corrected chi connectivity index (χ1v) is 9.70. The average Bonchev–Trinajstić information content (AvgIpc) is 3.24. The van der Waals surface area contributed by atoms with Gasteiger partial charge in [0.25, 0.3) is 0 Å². The molecule has 3 aromatic heterocycles. The molecule has 4 rings (SSSR count). The van der Waals surface area contributed by atoms with Gasteiger partial charge >= 0.3 is 0 Å². The minimum Gasteiger partial charge on any atom is -0.352 e. The Kier molecular flexibility index (Phi) is 6.05. The van der Waals surface area contributed by atoms with Crippen LogP contribution in [-0.2, 0) is 11.2 Å². The lowest BCUT2D eigenvalue weighted by Gasteiger charge is -2.02. The number of aromatic nitrogens is 4. The van der Waals surface area contributed by atoms with Crippen molar-refractivity contribution in [2.24, 2.45) is 0 Å². The van der Waals surface area contributed by atoms with Crippen LogP contribution in [-0.4, -0.2) is 32.2 Å². The Morgan fingerprint density at radius 1 is 0.933 bits per heavy atom. The van der Waals surface area contributed by atoms with Crippen molar-refractivity contribution in [3.05, 3.63) is 103 Å². The number of para-hydroxylation sites is 1. The molecule has 30 heavy (non-hydrogen) atoms. The van der Waals surface area contributed by atoms with Crippen LogP contribution in [0.3, 0.4) is 0 Å². The van der Waals surface area contributed by atoms with Gasteiger partial charge in [0, 0.05) is 54.7 Å². The Morgan fingerprint density at radius 3 is 2.37 bits per heavy atom. The SMILES string of the molecule is O=C(/C=C/c1cn(-c2ccccc2)nc1-c1ccncc1)NCCc1ccncc1. The van der Waals surface area contributed by atoms with Gasteiger partial charge in [-0.25, -0.2) is 4.68 Å². The second kappa shape index (κ2) is 9.43. The third kappa shape index (κ3) is 4.86. The van der Waals surface area contributed by atoms with Crippen LogP contribution in [0.4, 0.5) is 0 Å². The Balaban J connectivity index is 1.50. The van der Waals surface area contributed by atoms with E-state index in [1.807, 2.05) is 65.5 Å². The monoisotopic (exact) mass is 395 g/mol. The Morgan fingerprint density at radius 2 is 1.63 bits per heavy atom. The van der Waals surface area contributed by atoms with Crippen molar-refractivity contribution in [1.82, 2.24) is 25.1 Å². The minimum absolute atomic E-state index is 0.141. The summed E-state index contributed by atoms with van der Waals surface area (Å²) >= 11 is 0. The smallest absolute Gasteiger partial charge is 0.244 e. The van der Waals surface area contributed by atoms with Crippen molar-refractivity contribution in [3.63, 3.8) is 0 Å². The zero-order valence-corrected chi connectivity index (χ0v) is 16.3. The number of pyridine rings is 2. The van der Waals surface area contributed by atoms with Crippen LogP contribution >= 0.6 is 0 Å². The summed E-state index contributed by atoms with van der Waals surface area (Å²) < 4.78 is 1.82. The molecule has 0 spiro atoms. The Hall–Kier alpha value is -4.06. The van der Waals surface area contributed by atoms with Crippen molar-refractivity contribution in [3.8, 4) is 16.9 Å². The fourth-order valence-corrected chi connectivity index (χ4v) is 3.06. The largest absolute Gasteiger partial charge is 0.352 e. The quantitative estimate of drug-likeness (QED) is 0.484. The summed E-state index contributed by atoms with van der Waals surface area (Å²) in [4.78, 5) is 20.4. The second-order valence-electron chi connectivity index (χ2n) is 6.68. The highest BCUT2D eigenvalue weighted by atomic mass is 16.1. The molecule has 0 saturated carbocycles. The van der Waals surface area contributed by atoms with E-state index in [0.29, 0.717) is 6.54 Å². The predicted molar refractivity (Wildman–Crippen MR) is 117 cm³/mol. The molecule has 6 heteroatoms. The summed E-state index contributed by atoms with van der Waals surface area (Å²) in [6.45, 7) is 0.563. The van der Waals surface area contributed by atoms with Gasteiger partial charge in [-0.2, -0.15) is 5.10 Å². The predicted octanol–water partition coefficient (Wildman–Crippen LogP) is 3.70. The third-order valence-corrected chi connectivity index (χ3v) is 4.59. The highest BCUT2D eigenvalue weighted by molar-refractivity contribution is 5.92. The zero-order valence-electron chi connectivity index (χ0n) is 16.3. The van der Waals surface area contributed by atoms with E-state index >= 15 is 0 Å². The average molecular weight is 395 g/mol. The molecule has 0 atom stereocenters. The first-order chi connectivity index (χ1) is 14.8. The van der Waals surface area contributed by atoms with Crippen LogP contribution < -0.4 is 5.32 Å². The number of hydrogen-bond acceptors (Lipinski definition) is 4. The van der Waals surface area contributed by atoms with Crippen LogP contribution in [0.25, 0.3) is 23.0 Å². The van der Waals surface area contributed by atoms with Crippen LogP contribution in [0.5, 0.6) is 0 Å². The summed E-state index contributed by atoms with van der Waals surface area (Å²) in [6.07, 6.45) is 13.0. The maximum Gasteiger partial charge on any atom is 0.244 e. The van der Waals surface area contributed by atoms with Gasteiger partial charge < -0.3 is 5.32 Å². The van der Waals surface area contributed by atoms with Crippen molar-refractivity contribution < 1.29 is 4.79 Å². The number of hydrogen-bond donors (Lipinski definition) is 1. The fraction of sp³-hybridized carbons (Fsp3) is 0.0833. The summed E-state index contributed by atoms with van der Waals surface area (Å²) in [6, 6.07) is 17.6. The topological polar surface area (TPSA) is 72.7 Å². The Bertz CT molecular complexity index is 1120. The number of benzene rings is 1. The first kappa shape index (κ1) is 19.3. The molecule has 0 bridgehead atoms. The molecule has 1 aromatic carbocycles. The van der Waals surface area contributed by atoms with Crippen LogP contribution in [0.2, 0.25) is 0 Å². The normalized spacial score (nSPS) is 10.9. The lowest BCUT2D eigenvalue weighted by atomic mass is 10.1. The molecule has 3 heterocycles. The summed E-state index contributed by atoms with van der Waals surface area (Å²) in [5, 5.41) is 7.65. The van der Waals surface area contributed by atoms with Crippen LogP contribution in [0.1, 0.15) is 11.1 Å². The number of nitrogens with one attached hydrogen (secondary N) is 1. The number of carbonyl (C=O) groups is 1. The van der Waals surface area contributed by atoms with Crippen LogP contribution in [0.15, 0.2) is 91.7 Å². The molecule has 1 N–H and O–H groups in total. The summed E-state index contributed by atoms with van der Waals surface area (Å²) in [5.41, 5.74) is 4.68. The van der Waals surface area contributed by atoms with E-state index < -0.39 is 0 Å². The molecule has 0 aliphatic carbocycles. The third-order valence-electron chi connectivity index (χ3n) is 4.59. The molecule has 0 radical (unpaired) electrons. The van der Waals surface area contributed by atoms with Crippen LogP contribution in [0, 0.1) is 0 Å². The number of amides is 1. The van der Waals surface area contributed by atoms with E-state index in [9.17, 15) is 4.79 Å². The summed E-state index contributed by atoms with van der Waals surface area (Å²) in [5.74, 6) is -0.141. The van der Waals surface area contributed by atoms with Crippen molar-refractivity contribution in [2.75, 3.05) is 6.54 Å². The minimum atomic E-state index is -0.141. The van der Waals surface area contributed by atoms with Crippen molar-refractivity contribution >= 4 is 12.0 Å². The molecular weight excluding hydrogens is 374 g/mol. The Labute approximate surface area is 174 Å². The molecule has 1 amide bonds. The van der Waals surface area contributed by atoms with E-state index in [2.05, 4.69) is 15.3 Å². The zero-order chi connectivity index (χ0) is 20.6. The van der Waals surface area contributed by atoms with Crippen molar-refractivity contribution in [2.45, 2.75) is 6.42 Å². The van der Waals surface area contributed by atoms with E-state index in [4.69, 9.17) is 5.10 Å². The second-order valence-corrected chi connectivity index (χ2v) is 6.68. The van der Waals surface area contributed by atoms with E-state index in [0.717, 1.165) is 34.5 Å². The molecule has 0 aliphatic heterocycles. The lowest BCUT2D eigenvalue weighted by molar-refractivity contribution is -0.116. The highest BCUT2D eigenvalue weighted by Crippen LogP contribution is 2.24. The maximum atomic E-state index is 12.3. The molecule has 0 unspecified atom stereocenters. The fourth-order valence-electron chi connectivity index (χ4n) is 3.06. The molecule has 0 saturated heterocycles.